The summed E-state index contributed by atoms with van der Waals surface area (Å²) < 4.78 is 5.59. The number of nitroso groups, excluding NO2 is 1. The van der Waals surface area contributed by atoms with Gasteiger partial charge in [0.2, 0.25) is 0 Å². The molecular formula is C32H31N3O4. The monoisotopic (exact) mass is 521 g/mol. The molecule has 1 aliphatic rings. The molecule has 0 radical (unpaired) electrons. The number of nitrogens with zero attached hydrogens (tertiary/aromatic N) is 2. The third-order valence-corrected chi connectivity index (χ3v) is 7.61. The Morgan fingerprint density at radius 3 is 2.44 bits per heavy atom. The van der Waals surface area contributed by atoms with Gasteiger partial charge in [0.1, 0.15) is 5.75 Å². The van der Waals surface area contributed by atoms with Crippen LogP contribution in [0.2, 0.25) is 0 Å². The molecule has 1 heterocycles. The zero-order valence-electron chi connectivity index (χ0n) is 21.8. The molecule has 198 valence electrons. The molecule has 1 fully saturated rings. The Morgan fingerprint density at radius 1 is 0.949 bits per heavy atom. The molecule has 2 amide bonds. The first-order valence-electron chi connectivity index (χ1n) is 13.2. The molecule has 0 spiro atoms. The highest BCUT2D eigenvalue weighted by atomic mass is 16.6. The van der Waals surface area contributed by atoms with Crippen LogP contribution >= 0.6 is 0 Å². The Morgan fingerprint density at radius 2 is 1.67 bits per heavy atom. The Hall–Kier alpha value is -4.36. The lowest BCUT2D eigenvalue weighted by Crippen LogP contribution is -2.46. The van der Waals surface area contributed by atoms with Crippen molar-refractivity contribution in [2.45, 2.75) is 25.3 Å². The van der Waals surface area contributed by atoms with Crippen molar-refractivity contribution in [2.24, 2.45) is 11.1 Å². The fourth-order valence-electron chi connectivity index (χ4n) is 5.44. The summed E-state index contributed by atoms with van der Waals surface area (Å²) in [7, 11) is 0. The molecule has 4 aromatic carbocycles. The lowest BCUT2D eigenvalue weighted by atomic mass is 9.80. The zero-order valence-corrected chi connectivity index (χ0v) is 21.8. The first-order chi connectivity index (χ1) is 19.0. The molecule has 0 saturated carbocycles. The van der Waals surface area contributed by atoms with Gasteiger partial charge in [-0.15, -0.1) is 4.91 Å². The van der Waals surface area contributed by atoms with E-state index in [0.717, 1.165) is 13.0 Å². The summed E-state index contributed by atoms with van der Waals surface area (Å²) in [5.41, 5.74) is 2.63. The number of likely N-dealkylation sites (tertiary alicyclic amines) is 1. The van der Waals surface area contributed by atoms with Gasteiger partial charge in [0.25, 0.3) is 0 Å². The minimum atomic E-state index is -0.857. The van der Waals surface area contributed by atoms with Crippen LogP contribution in [0.4, 0.5) is 4.79 Å². The van der Waals surface area contributed by atoms with Crippen LogP contribution in [0, 0.1) is 10.8 Å². The lowest BCUT2D eigenvalue weighted by molar-refractivity contribution is 0.100. The third-order valence-electron chi connectivity index (χ3n) is 7.61. The normalized spacial score (nSPS) is 17.9. The van der Waals surface area contributed by atoms with E-state index in [4.69, 9.17) is 4.74 Å². The minimum absolute atomic E-state index is 0.151. The third kappa shape index (κ3) is 6.04. The molecule has 4 aromatic rings. The molecule has 1 N–H and O–H groups in total. The highest BCUT2D eigenvalue weighted by molar-refractivity contribution is 5.94. The number of hydrogen-bond acceptors (Lipinski definition) is 5. The largest absolute Gasteiger partial charge is 0.415 e. The van der Waals surface area contributed by atoms with Crippen molar-refractivity contribution in [1.29, 1.82) is 0 Å². The van der Waals surface area contributed by atoms with Gasteiger partial charge in [0.05, 0.1) is 0 Å². The van der Waals surface area contributed by atoms with E-state index in [-0.39, 0.29) is 17.5 Å². The Labute approximate surface area is 227 Å². The van der Waals surface area contributed by atoms with E-state index in [9.17, 15) is 14.5 Å². The van der Waals surface area contributed by atoms with Gasteiger partial charge in [-0.1, -0.05) is 72.8 Å². The Balaban J connectivity index is 1.27. The first-order valence-corrected chi connectivity index (χ1v) is 13.2. The van der Waals surface area contributed by atoms with E-state index in [2.05, 4.69) is 72.0 Å². The van der Waals surface area contributed by atoms with E-state index in [1.165, 1.54) is 46.2 Å². The fourth-order valence-corrected chi connectivity index (χ4v) is 5.44. The van der Waals surface area contributed by atoms with Gasteiger partial charge in [0.15, 0.2) is 0 Å². The quantitative estimate of drug-likeness (QED) is 0.273. The predicted octanol–water partition coefficient (Wildman–Crippen LogP) is 6.70. The maximum absolute atomic E-state index is 13.1. The molecule has 3 atom stereocenters. The molecule has 5 rings (SSSR count). The van der Waals surface area contributed by atoms with E-state index in [1.807, 2.05) is 18.2 Å². The minimum Gasteiger partial charge on any atom is -0.410 e. The lowest BCUT2D eigenvalue weighted by Gasteiger charge is -2.39. The van der Waals surface area contributed by atoms with Crippen LogP contribution in [-0.4, -0.2) is 36.5 Å². The molecule has 0 aromatic heterocycles. The van der Waals surface area contributed by atoms with Gasteiger partial charge in [-0.2, -0.15) is 0 Å². The summed E-state index contributed by atoms with van der Waals surface area (Å²) in [4.78, 5) is 36.7. The maximum Gasteiger partial charge on any atom is 0.415 e. The van der Waals surface area contributed by atoms with Gasteiger partial charge in [-0.05, 0) is 72.0 Å². The summed E-state index contributed by atoms with van der Waals surface area (Å²) in [5, 5.41) is 8.68. The molecular weight excluding hydrogens is 490 g/mol. The van der Waals surface area contributed by atoms with Crippen LogP contribution in [0.1, 0.15) is 46.8 Å². The average Bonchev–Trinajstić information content (AvgIpc) is 3.00. The van der Waals surface area contributed by atoms with Crippen molar-refractivity contribution < 1.29 is 14.3 Å². The van der Waals surface area contributed by atoms with Crippen LogP contribution in [-0.2, 0) is 0 Å². The molecule has 39 heavy (non-hydrogen) atoms. The number of carbonyl (C=O) groups excluding carboxylic acids is 2. The number of piperidine rings is 1. The van der Waals surface area contributed by atoms with Crippen LogP contribution in [0.5, 0.6) is 5.75 Å². The second-order valence-electron chi connectivity index (χ2n) is 10.00. The molecule has 1 aliphatic heterocycles. The molecule has 1 saturated heterocycles. The second-order valence-corrected chi connectivity index (χ2v) is 10.00. The topological polar surface area (TPSA) is 88.1 Å². The number of hydrogen-bond donors (Lipinski definition) is 1. The number of nitrogens with one attached hydrogen (secondary N) is 1. The number of rotatable bonds is 7. The van der Waals surface area contributed by atoms with Crippen LogP contribution in [0.25, 0.3) is 10.8 Å². The van der Waals surface area contributed by atoms with Crippen molar-refractivity contribution in [1.82, 2.24) is 10.2 Å². The second kappa shape index (κ2) is 12.0. The number of carbonyl (C=O) groups is 2. The van der Waals surface area contributed by atoms with E-state index >= 15 is 0 Å². The summed E-state index contributed by atoms with van der Waals surface area (Å²) >= 11 is 0. The van der Waals surface area contributed by atoms with Crippen LogP contribution < -0.4 is 10.1 Å². The van der Waals surface area contributed by atoms with Crippen molar-refractivity contribution in [2.75, 3.05) is 19.6 Å². The first kappa shape index (κ1) is 26.3. The maximum atomic E-state index is 13.1. The van der Waals surface area contributed by atoms with Crippen LogP contribution in [0.3, 0.4) is 0 Å². The molecule has 7 nitrogen and oxygen atoms in total. The summed E-state index contributed by atoms with van der Waals surface area (Å²) in [6.07, 6.45) is 0.404. The number of ether oxygens (including phenoxy) is 1. The smallest absolute Gasteiger partial charge is 0.410 e. The predicted molar refractivity (Wildman–Crippen MR) is 152 cm³/mol. The van der Waals surface area contributed by atoms with E-state index in [1.54, 1.807) is 4.90 Å². The van der Waals surface area contributed by atoms with Gasteiger partial charge in [-0.3, -0.25) is 4.79 Å². The molecule has 0 bridgehead atoms. The summed E-state index contributed by atoms with van der Waals surface area (Å²) in [6, 6.07) is 31.2. The Kier molecular flexibility index (Phi) is 8.08. The van der Waals surface area contributed by atoms with Gasteiger partial charge in [0, 0.05) is 35.8 Å². The number of benzene rings is 4. The van der Waals surface area contributed by atoms with E-state index < -0.39 is 12.0 Å². The number of amides is 2. The zero-order chi connectivity index (χ0) is 27.2. The fraction of sp³-hybridized carbons (Fsp3) is 0.250. The standard InChI is InChI=1S/C32H31N3O4/c1-22(28-13-7-11-23-10-5-6-12-29(23)28)33-20-26-18-19-35(21-30(26)24-8-3-2-4-9-24)32(37)39-27-16-14-25(15-17-27)31(36)34-38/h2-17,22,26,30,33H,18-21H2,1H3/t22-,26?,30?/m1/s1. The Bertz CT molecular complexity index is 1450. The van der Waals surface area contributed by atoms with Gasteiger partial charge < -0.3 is 15.0 Å². The SMILES string of the molecule is C[C@@H](NCC1CCN(C(=O)Oc2ccc(C(=O)N=O)cc2)CC1c1ccccc1)c1cccc2ccccc12. The molecule has 2 unspecified atom stereocenters. The van der Waals surface area contributed by atoms with Gasteiger partial charge in [-0.25, -0.2) is 4.79 Å². The highest BCUT2D eigenvalue weighted by Crippen LogP contribution is 2.33. The molecule has 0 aliphatic carbocycles. The van der Waals surface area contributed by atoms with Crippen molar-refractivity contribution >= 4 is 22.8 Å². The highest BCUT2D eigenvalue weighted by Gasteiger charge is 2.33. The van der Waals surface area contributed by atoms with Crippen LogP contribution in [0.15, 0.2) is 102 Å². The summed E-state index contributed by atoms with van der Waals surface area (Å²) in [5.74, 6) is -0.0520. The number of fused-ring (bicyclic) bond motifs is 1. The van der Waals surface area contributed by atoms with E-state index in [0.29, 0.717) is 24.8 Å². The molecule has 7 heteroatoms. The summed E-state index contributed by atoms with van der Waals surface area (Å²) in [6.45, 7) is 4.16. The van der Waals surface area contributed by atoms with Gasteiger partial charge >= 0.3 is 12.0 Å². The van der Waals surface area contributed by atoms with Crippen molar-refractivity contribution in [3.05, 3.63) is 119 Å². The van der Waals surface area contributed by atoms with Crippen molar-refractivity contribution in [3.8, 4) is 5.75 Å². The van der Waals surface area contributed by atoms with Crippen molar-refractivity contribution in [3.63, 3.8) is 0 Å². The average molecular weight is 522 g/mol.